The van der Waals surface area contributed by atoms with Crippen LogP contribution in [0, 0.1) is 0 Å². The fourth-order valence-electron chi connectivity index (χ4n) is 1.89. The van der Waals surface area contributed by atoms with Gasteiger partial charge in [-0.05, 0) is 23.8 Å². The Balaban J connectivity index is 1.63. The summed E-state index contributed by atoms with van der Waals surface area (Å²) in [5.41, 5.74) is 1.28. The summed E-state index contributed by atoms with van der Waals surface area (Å²) in [6.45, 7) is 0. The molecule has 3 aromatic rings. The molecule has 0 unspecified atom stereocenters. The molecule has 0 aliphatic carbocycles. The van der Waals surface area contributed by atoms with Gasteiger partial charge in [-0.15, -0.1) is 10.2 Å². The number of nitrogens with zero attached hydrogens (tertiary/aromatic N) is 2. The van der Waals surface area contributed by atoms with Gasteiger partial charge in [-0.2, -0.15) is 0 Å². The van der Waals surface area contributed by atoms with Gasteiger partial charge in [-0.1, -0.05) is 65.0 Å². The molecule has 24 heavy (non-hydrogen) atoms. The van der Waals surface area contributed by atoms with Crippen LogP contribution in [0.1, 0.15) is 15.9 Å². The summed E-state index contributed by atoms with van der Waals surface area (Å²) in [7, 11) is 0. The number of phenols is 1. The summed E-state index contributed by atoms with van der Waals surface area (Å²) in [5, 5.41) is 21.1. The Hall–Kier alpha value is -2.09. The molecule has 2 aromatic carbocycles. The van der Waals surface area contributed by atoms with Gasteiger partial charge in [-0.25, -0.2) is 0 Å². The number of thioether (sulfide) groups is 1. The van der Waals surface area contributed by atoms with Gasteiger partial charge in [0.05, 0.1) is 5.56 Å². The first-order chi connectivity index (χ1) is 11.6. The maximum Gasteiger partial charge on any atom is 0.261 e. The van der Waals surface area contributed by atoms with Crippen LogP contribution in [0.5, 0.6) is 5.75 Å². The van der Waals surface area contributed by atoms with Crippen LogP contribution in [0.4, 0.5) is 5.13 Å². The van der Waals surface area contributed by atoms with Gasteiger partial charge in [0.2, 0.25) is 5.13 Å². The molecular formula is C16H12ClN3O2S2. The number of hydrogen-bond donors (Lipinski definition) is 2. The average molecular weight is 378 g/mol. The van der Waals surface area contributed by atoms with Crippen molar-refractivity contribution < 1.29 is 9.90 Å². The molecule has 5 nitrogen and oxygen atoms in total. The summed E-state index contributed by atoms with van der Waals surface area (Å²) in [4.78, 5) is 12.2. The average Bonchev–Trinajstić information content (AvgIpc) is 3.03. The first kappa shape index (κ1) is 16.8. The number of benzene rings is 2. The number of aromatic nitrogens is 2. The second-order valence-corrected chi connectivity index (χ2v) is 7.40. The lowest BCUT2D eigenvalue weighted by Gasteiger charge is -2.04. The molecule has 2 N–H and O–H groups in total. The number of phenolic OH excluding ortho intramolecular Hbond substituents is 1. The van der Waals surface area contributed by atoms with E-state index in [0.29, 0.717) is 10.2 Å². The third-order valence-electron chi connectivity index (χ3n) is 3.04. The number of anilines is 1. The van der Waals surface area contributed by atoms with Gasteiger partial charge in [0.25, 0.3) is 5.91 Å². The SMILES string of the molecule is O=C(Nc1nnc(SCc2ccccc2)s1)c1cc(Cl)ccc1O. The first-order valence-electron chi connectivity index (χ1n) is 6.92. The van der Waals surface area contributed by atoms with E-state index < -0.39 is 5.91 Å². The third kappa shape index (κ3) is 4.25. The topological polar surface area (TPSA) is 75.1 Å². The van der Waals surface area contributed by atoms with E-state index >= 15 is 0 Å². The lowest BCUT2D eigenvalue weighted by molar-refractivity contribution is 0.102. The molecule has 0 atom stereocenters. The standard InChI is InChI=1S/C16H12ClN3O2S2/c17-11-6-7-13(21)12(8-11)14(22)18-15-19-20-16(24-15)23-9-10-4-2-1-3-5-10/h1-8,21H,9H2,(H,18,19,22). The molecule has 1 amide bonds. The number of nitrogens with one attached hydrogen (secondary N) is 1. The lowest BCUT2D eigenvalue weighted by Crippen LogP contribution is -2.11. The van der Waals surface area contributed by atoms with Crippen LogP contribution in [0.15, 0.2) is 52.9 Å². The third-order valence-corrected chi connectivity index (χ3v) is 5.31. The molecule has 0 fully saturated rings. The summed E-state index contributed by atoms with van der Waals surface area (Å²) in [5.74, 6) is 0.157. The zero-order chi connectivity index (χ0) is 16.9. The predicted octanol–water partition coefficient (Wildman–Crippen LogP) is 4.44. The number of aromatic hydroxyl groups is 1. The van der Waals surface area contributed by atoms with Gasteiger partial charge >= 0.3 is 0 Å². The van der Waals surface area contributed by atoms with Crippen molar-refractivity contribution in [2.45, 2.75) is 10.1 Å². The summed E-state index contributed by atoms with van der Waals surface area (Å²) in [6.07, 6.45) is 0. The lowest BCUT2D eigenvalue weighted by atomic mass is 10.2. The van der Waals surface area contributed by atoms with Crippen LogP contribution < -0.4 is 5.32 Å². The van der Waals surface area contributed by atoms with E-state index in [4.69, 9.17) is 11.6 Å². The molecule has 0 aliphatic rings. The van der Waals surface area contributed by atoms with Crippen LogP contribution in [-0.4, -0.2) is 21.2 Å². The summed E-state index contributed by atoms with van der Waals surface area (Å²) >= 11 is 8.67. The summed E-state index contributed by atoms with van der Waals surface area (Å²) in [6, 6.07) is 14.3. The Kier molecular flexibility index (Phi) is 5.34. The minimum atomic E-state index is -0.481. The Bertz CT molecular complexity index is 856. The van der Waals surface area contributed by atoms with Gasteiger partial charge < -0.3 is 5.11 Å². The van der Waals surface area contributed by atoms with Gasteiger partial charge in [0, 0.05) is 10.8 Å². The number of hydrogen-bond acceptors (Lipinski definition) is 6. The molecule has 0 saturated carbocycles. The van der Waals surface area contributed by atoms with E-state index in [-0.39, 0.29) is 11.3 Å². The summed E-state index contributed by atoms with van der Waals surface area (Å²) < 4.78 is 0.754. The van der Waals surface area contributed by atoms with Crippen molar-refractivity contribution in [2.24, 2.45) is 0 Å². The van der Waals surface area contributed by atoms with Crippen molar-refractivity contribution in [2.75, 3.05) is 5.32 Å². The number of rotatable bonds is 5. The number of carbonyl (C=O) groups excluding carboxylic acids is 1. The number of halogens is 1. The second kappa shape index (κ2) is 7.65. The predicted molar refractivity (Wildman–Crippen MR) is 97.0 cm³/mol. The van der Waals surface area contributed by atoms with Crippen molar-refractivity contribution in [1.82, 2.24) is 10.2 Å². The molecule has 0 radical (unpaired) electrons. The molecule has 0 saturated heterocycles. The molecular weight excluding hydrogens is 366 g/mol. The molecule has 0 bridgehead atoms. The molecule has 0 spiro atoms. The van der Waals surface area contributed by atoms with Crippen molar-refractivity contribution in [3.63, 3.8) is 0 Å². The van der Waals surface area contributed by atoms with E-state index in [2.05, 4.69) is 15.5 Å². The Morgan fingerprint density at radius 2 is 2.00 bits per heavy atom. The molecule has 1 heterocycles. The van der Waals surface area contributed by atoms with E-state index in [0.717, 1.165) is 10.1 Å². The molecule has 0 aliphatic heterocycles. The van der Waals surface area contributed by atoms with Crippen molar-refractivity contribution in [1.29, 1.82) is 0 Å². The van der Waals surface area contributed by atoms with Crippen molar-refractivity contribution in [3.8, 4) is 5.75 Å². The highest BCUT2D eigenvalue weighted by Gasteiger charge is 2.14. The maximum absolute atomic E-state index is 12.2. The van der Waals surface area contributed by atoms with Crippen LogP contribution in [0.2, 0.25) is 5.02 Å². The van der Waals surface area contributed by atoms with E-state index in [1.54, 1.807) is 11.8 Å². The zero-order valence-corrected chi connectivity index (χ0v) is 14.7. The molecule has 3 rings (SSSR count). The van der Waals surface area contributed by atoms with E-state index in [1.165, 1.54) is 35.1 Å². The minimum absolute atomic E-state index is 0.0937. The fraction of sp³-hybridized carbons (Fsp3) is 0.0625. The van der Waals surface area contributed by atoms with Crippen LogP contribution in [-0.2, 0) is 5.75 Å². The monoisotopic (exact) mass is 377 g/mol. The largest absolute Gasteiger partial charge is 0.507 e. The fourth-order valence-corrected chi connectivity index (χ4v) is 3.77. The quantitative estimate of drug-likeness (QED) is 0.507. The second-order valence-electron chi connectivity index (χ2n) is 4.76. The highest BCUT2D eigenvalue weighted by Crippen LogP contribution is 2.29. The number of carbonyl (C=O) groups is 1. The van der Waals surface area contributed by atoms with Gasteiger partial charge in [0.1, 0.15) is 5.75 Å². The van der Waals surface area contributed by atoms with E-state index in [1.807, 2.05) is 30.3 Å². The van der Waals surface area contributed by atoms with Crippen molar-refractivity contribution in [3.05, 3.63) is 64.7 Å². The number of amides is 1. The minimum Gasteiger partial charge on any atom is -0.507 e. The molecule has 8 heteroatoms. The Labute approximate surface area is 151 Å². The van der Waals surface area contributed by atoms with Crippen molar-refractivity contribution >= 4 is 45.7 Å². The van der Waals surface area contributed by atoms with Gasteiger partial charge in [0.15, 0.2) is 4.34 Å². The van der Waals surface area contributed by atoms with Crippen LogP contribution in [0.25, 0.3) is 0 Å². The normalized spacial score (nSPS) is 10.5. The van der Waals surface area contributed by atoms with Crippen LogP contribution >= 0.6 is 34.7 Å². The van der Waals surface area contributed by atoms with E-state index in [9.17, 15) is 9.90 Å². The molecule has 122 valence electrons. The Morgan fingerprint density at radius 1 is 1.21 bits per heavy atom. The maximum atomic E-state index is 12.2. The molecule has 1 aromatic heterocycles. The van der Waals surface area contributed by atoms with Crippen LogP contribution in [0.3, 0.4) is 0 Å². The zero-order valence-electron chi connectivity index (χ0n) is 12.3. The smallest absolute Gasteiger partial charge is 0.261 e. The highest BCUT2D eigenvalue weighted by atomic mass is 35.5. The van der Waals surface area contributed by atoms with Gasteiger partial charge in [-0.3, -0.25) is 10.1 Å². The first-order valence-corrected chi connectivity index (χ1v) is 9.10. The Morgan fingerprint density at radius 3 is 2.79 bits per heavy atom. The highest BCUT2D eigenvalue weighted by molar-refractivity contribution is 8.00.